The molecule has 0 aliphatic rings. The van der Waals surface area contributed by atoms with E-state index >= 15 is 0 Å². The number of rotatable bonds is 3. The first-order valence-corrected chi connectivity index (χ1v) is 8.50. The van der Waals surface area contributed by atoms with E-state index in [4.69, 9.17) is 33.7 Å². The number of ether oxygens (including phenoxy) is 1. The molecule has 2 N–H and O–H groups in total. The Kier molecular flexibility index (Phi) is 4.49. The summed E-state index contributed by atoms with van der Waals surface area (Å²) in [4.78, 5) is 24.9. The maximum absolute atomic E-state index is 12.7. The predicted molar refractivity (Wildman–Crippen MR) is 95.6 cm³/mol. The van der Waals surface area contributed by atoms with Gasteiger partial charge in [-0.3, -0.25) is 4.79 Å². The molecular weight excluding hydrogens is 373 g/mol. The molecule has 9 heteroatoms. The van der Waals surface area contributed by atoms with Crippen LogP contribution in [0, 0.1) is 0 Å². The minimum atomic E-state index is -0.630. The van der Waals surface area contributed by atoms with Gasteiger partial charge in [0.2, 0.25) is 0 Å². The van der Waals surface area contributed by atoms with Gasteiger partial charge in [-0.05, 0) is 25.1 Å². The van der Waals surface area contributed by atoms with Crippen molar-refractivity contribution in [1.82, 2.24) is 9.78 Å². The minimum absolute atomic E-state index is 0.0190. The summed E-state index contributed by atoms with van der Waals surface area (Å²) in [5.41, 5.74) is 5.84. The van der Waals surface area contributed by atoms with Crippen LogP contribution in [0.5, 0.6) is 0 Å². The molecule has 3 rings (SSSR count). The third kappa shape index (κ3) is 2.75. The molecule has 1 aromatic carbocycles. The zero-order valence-electron chi connectivity index (χ0n) is 12.4. The van der Waals surface area contributed by atoms with E-state index in [1.807, 2.05) is 0 Å². The van der Waals surface area contributed by atoms with Crippen LogP contribution in [0.25, 0.3) is 16.5 Å². The Bertz CT molecular complexity index is 1010. The molecule has 124 valence electrons. The quantitative estimate of drug-likeness (QED) is 0.699. The Morgan fingerprint density at radius 3 is 2.79 bits per heavy atom. The monoisotopic (exact) mass is 383 g/mol. The van der Waals surface area contributed by atoms with Crippen molar-refractivity contribution >= 4 is 56.3 Å². The van der Waals surface area contributed by atoms with Gasteiger partial charge in [0.1, 0.15) is 0 Å². The fourth-order valence-electron chi connectivity index (χ4n) is 2.21. The number of hydrogen-bond acceptors (Lipinski definition) is 6. The maximum atomic E-state index is 12.7. The second-order valence-corrected chi connectivity index (χ2v) is 6.50. The van der Waals surface area contributed by atoms with Crippen molar-refractivity contribution in [2.75, 3.05) is 12.3 Å². The molecule has 0 atom stereocenters. The van der Waals surface area contributed by atoms with Crippen LogP contribution >= 0.6 is 34.5 Å². The maximum Gasteiger partial charge on any atom is 0.359 e. The highest BCUT2D eigenvalue weighted by Crippen LogP contribution is 2.29. The average Bonchev–Trinajstić information content (AvgIpc) is 2.93. The van der Waals surface area contributed by atoms with Gasteiger partial charge in [-0.25, -0.2) is 4.79 Å². The van der Waals surface area contributed by atoms with Gasteiger partial charge in [-0.2, -0.15) is 9.78 Å². The molecule has 24 heavy (non-hydrogen) atoms. The number of esters is 1. The van der Waals surface area contributed by atoms with E-state index in [0.29, 0.717) is 21.1 Å². The van der Waals surface area contributed by atoms with Crippen LogP contribution in [0.3, 0.4) is 0 Å². The molecule has 2 heterocycles. The first-order valence-electron chi connectivity index (χ1n) is 6.86. The molecule has 0 aliphatic carbocycles. The number of nitrogen functional groups attached to an aromatic ring is 1. The summed E-state index contributed by atoms with van der Waals surface area (Å²) in [6.07, 6.45) is 0. The zero-order valence-corrected chi connectivity index (χ0v) is 14.7. The number of aromatic nitrogens is 2. The van der Waals surface area contributed by atoms with Gasteiger partial charge in [-0.15, -0.1) is 11.3 Å². The fraction of sp³-hybridized carbons (Fsp3) is 0.133. The summed E-state index contributed by atoms with van der Waals surface area (Å²) in [6.45, 7) is 1.87. The lowest BCUT2D eigenvalue weighted by molar-refractivity contribution is 0.0520. The fourth-order valence-corrected chi connectivity index (χ4v) is 3.30. The van der Waals surface area contributed by atoms with Crippen LogP contribution in [-0.2, 0) is 4.74 Å². The van der Waals surface area contributed by atoms with Crippen LogP contribution < -0.4 is 11.3 Å². The summed E-state index contributed by atoms with van der Waals surface area (Å²) < 4.78 is 6.09. The summed E-state index contributed by atoms with van der Waals surface area (Å²) in [6, 6.07) is 4.60. The van der Waals surface area contributed by atoms with E-state index in [0.717, 1.165) is 16.0 Å². The first kappa shape index (κ1) is 16.8. The lowest BCUT2D eigenvalue weighted by Gasteiger charge is -2.09. The van der Waals surface area contributed by atoms with Crippen molar-refractivity contribution in [3.05, 3.63) is 49.7 Å². The second kappa shape index (κ2) is 6.43. The number of hydrogen-bond donors (Lipinski definition) is 1. The van der Waals surface area contributed by atoms with Gasteiger partial charge >= 0.3 is 5.97 Å². The number of carbonyl (C=O) groups is 1. The van der Waals surface area contributed by atoms with E-state index < -0.39 is 11.5 Å². The normalized spacial score (nSPS) is 11.0. The Morgan fingerprint density at radius 1 is 1.38 bits per heavy atom. The molecule has 0 aliphatic heterocycles. The van der Waals surface area contributed by atoms with Crippen molar-refractivity contribution < 1.29 is 9.53 Å². The van der Waals surface area contributed by atoms with E-state index in [-0.39, 0.29) is 22.7 Å². The standard InChI is InChI=1S/C15H11Cl2N3O3S/c1-2-23-15(22)12-8-6-24-13(18)11(8)14(21)20(19-12)7-3-4-9(16)10(17)5-7/h3-6H,2,18H2,1H3. The van der Waals surface area contributed by atoms with Crippen LogP contribution in [-0.4, -0.2) is 22.4 Å². The Hall–Kier alpha value is -2.09. The Morgan fingerprint density at radius 2 is 2.12 bits per heavy atom. The number of anilines is 1. The number of fused-ring (bicyclic) bond motifs is 1. The third-order valence-electron chi connectivity index (χ3n) is 3.30. The predicted octanol–water partition coefficient (Wildman–Crippen LogP) is 3.51. The number of nitrogens with two attached hydrogens (primary N) is 1. The molecule has 0 unspecified atom stereocenters. The van der Waals surface area contributed by atoms with E-state index in [1.165, 1.54) is 6.07 Å². The highest BCUT2D eigenvalue weighted by atomic mass is 35.5. The topological polar surface area (TPSA) is 87.2 Å². The molecule has 0 amide bonds. The van der Waals surface area contributed by atoms with Crippen LogP contribution in [0.1, 0.15) is 17.4 Å². The SMILES string of the molecule is CCOC(=O)c1nn(-c2ccc(Cl)c(Cl)c2)c(=O)c2c(N)scc12. The molecule has 3 aromatic rings. The summed E-state index contributed by atoms with van der Waals surface area (Å²) in [5.74, 6) is -0.630. The Balaban J connectivity index is 2.33. The number of nitrogens with zero attached hydrogens (tertiary/aromatic N) is 2. The molecule has 0 saturated carbocycles. The lowest BCUT2D eigenvalue weighted by atomic mass is 10.2. The van der Waals surface area contributed by atoms with Crippen molar-refractivity contribution in [2.24, 2.45) is 0 Å². The molecule has 2 aromatic heterocycles. The smallest absolute Gasteiger partial charge is 0.359 e. The minimum Gasteiger partial charge on any atom is -0.461 e. The molecular formula is C15H11Cl2N3O3S. The van der Waals surface area contributed by atoms with Crippen LogP contribution in [0.15, 0.2) is 28.4 Å². The van der Waals surface area contributed by atoms with Crippen molar-refractivity contribution in [3.63, 3.8) is 0 Å². The Labute approximate surface area is 150 Å². The number of thiophene rings is 1. The number of halogens is 2. The molecule has 6 nitrogen and oxygen atoms in total. The molecule has 0 fully saturated rings. The highest BCUT2D eigenvalue weighted by molar-refractivity contribution is 7.15. The largest absolute Gasteiger partial charge is 0.461 e. The summed E-state index contributed by atoms with van der Waals surface area (Å²) in [5, 5.41) is 7.27. The van der Waals surface area contributed by atoms with Crippen molar-refractivity contribution in [3.8, 4) is 5.69 Å². The van der Waals surface area contributed by atoms with Gasteiger partial charge in [0.15, 0.2) is 5.69 Å². The van der Waals surface area contributed by atoms with Gasteiger partial charge in [0.25, 0.3) is 5.56 Å². The van der Waals surface area contributed by atoms with E-state index in [2.05, 4.69) is 5.10 Å². The van der Waals surface area contributed by atoms with Gasteiger partial charge in [-0.1, -0.05) is 23.2 Å². The summed E-state index contributed by atoms with van der Waals surface area (Å²) >= 11 is 13.1. The number of carbonyl (C=O) groups excluding carboxylic acids is 1. The van der Waals surface area contributed by atoms with Crippen molar-refractivity contribution in [1.29, 1.82) is 0 Å². The first-order chi connectivity index (χ1) is 11.4. The van der Waals surface area contributed by atoms with E-state index in [1.54, 1.807) is 24.4 Å². The molecule has 0 radical (unpaired) electrons. The average molecular weight is 384 g/mol. The van der Waals surface area contributed by atoms with Crippen LogP contribution in [0.4, 0.5) is 5.00 Å². The van der Waals surface area contributed by atoms with Crippen LogP contribution in [0.2, 0.25) is 10.0 Å². The van der Waals surface area contributed by atoms with Crippen molar-refractivity contribution in [2.45, 2.75) is 6.92 Å². The number of benzene rings is 1. The zero-order chi connectivity index (χ0) is 17.4. The van der Waals surface area contributed by atoms with Gasteiger partial charge in [0.05, 0.1) is 32.7 Å². The summed E-state index contributed by atoms with van der Waals surface area (Å²) in [7, 11) is 0. The highest BCUT2D eigenvalue weighted by Gasteiger charge is 2.21. The van der Waals surface area contributed by atoms with Gasteiger partial charge < -0.3 is 10.5 Å². The lowest BCUT2D eigenvalue weighted by Crippen LogP contribution is -2.25. The van der Waals surface area contributed by atoms with Gasteiger partial charge in [0, 0.05) is 10.8 Å². The molecule has 0 saturated heterocycles. The molecule has 0 spiro atoms. The molecule has 0 bridgehead atoms. The second-order valence-electron chi connectivity index (χ2n) is 4.77. The third-order valence-corrected chi connectivity index (χ3v) is 4.85. The van der Waals surface area contributed by atoms with E-state index in [9.17, 15) is 9.59 Å².